The fourth-order valence-electron chi connectivity index (χ4n) is 1.93. The first-order valence-electron chi connectivity index (χ1n) is 7.34. The van der Waals surface area contributed by atoms with Gasteiger partial charge in [0, 0.05) is 6.54 Å². The molecule has 0 fully saturated rings. The number of hydrogen-bond acceptors (Lipinski definition) is 7. The molecule has 1 aromatic carbocycles. The number of aromatic nitrogens is 2. The molecule has 0 saturated carbocycles. The van der Waals surface area contributed by atoms with Crippen LogP contribution in [-0.2, 0) is 16.1 Å². The van der Waals surface area contributed by atoms with Crippen molar-refractivity contribution in [2.24, 2.45) is 5.16 Å². The van der Waals surface area contributed by atoms with E-state index < -0.39 is 0 Å². The van der Waals surface area contributed by atoms with Crippen molar-refractivity contribution in [3.8, 4) is 11.6 Å². The molecule has 0 aliphatic heterocycles. The van der Waals surface area contributed by atoms with Gasteiger partial charge in [0.25, 0.3) is 0 Å². The van der Waals surface area contributed by atoms with Crippen LogP contribution in [0.15, 0.2) is 35.7 Å². The van der Waals surface area contributed by atoms with E-state index in [0.717, 1.165) is 5.56 Å². The highest BCUT2D eigenvalue weighted by molar-refractivity contribution is 5.88. The molecule has 8 heteroatoms. The number of likely N-dealkylation sites (N-methyl/N-ethyl adjacent to an activating group) is 1. The summed E-state index contributed by atoms with van der Waals surface area (Å²) < 4.78 is 5.72. The van der Waals surface area contributed by atoms with Crippen LogP contribution in [0.25, 0.3) is 0 Å². The van der Waals surface area contributed by atoms with Crippen LogP contribution in [0.3, 0.4) is 0 Å². The van der Waals surface area contributed by atoms with Gasteiger partial charge in [-0.25, -0.2) is 9.97 Å². The molecule has 0 radical (unpaired) electrons. The molecule has 126 valence electrons. The number of carbonyl (C=O) groups excluding carboxylic acids is 1. The predicted molar refractivity (Wildman–Crippen MR) is 90.0 cm³/mol. The first-order valence-corrected chi connectivity index (χ1v) is 7.34. The average Bonchev–Trinajstić information content (AvgIpc) is 2.56. The van der Waals surface area contributed by atoms with Crippen molar-refractivity contribution in [3.05, 3.63) is 41.7 Å². The van der Waals surface area contributed by atoms with Gasteiger partial charge in [0.1, 0.15) is 30.6 Å². The van der Waals surface area contributed by atoms with Crippen LogP contribution in [0, 0.1) is 0 Å². The lowest BCUT2D eigenvalue weighted by Gasteiger charge is -2.09. The Labute approximate surface area is 139 Å². The van der Waals surface area contributed by atoms with E-state index in [2.05, 4.69) is 25.3 Å². The van der Waals surface area contributed by atoms with E-state index in [0.29, 0.717) is 24.3 Å². The Morgan fingerprint density at radius 3 is 2.75 bits per heavy atom. The fraction of sp³-hybridized carbons (Fsp3) is 0.250. The Morgan fingerprint density at radius 1 is 1.33 bits per heavy atom. The molecule has 0 aliphatic carbocycles. The number of rotatable bonds is 7. The minimum atomic E-state index is -0.0206. The van der Waals surface area contributed by atoms with Gasteiger partial charge < -0.3 is 20.6 Å². The van der Waals surface area contributed by atoms with Crippen LogP contribution in [0.5, 0.6) is 11.6 Å². The molecule has 1 heterocycles. The summed E-state index contributed by atoms with van der Waals surface area (Å²) in [6.07, 6.45) is 3.01. The SMILES string of the molecule is CCNC(=O)Cc1ccc(Oc2ncnc(N)c2C=NOC)cc1. The summed E-state index contributed by atoms with van der Waals surface area (Å²) in [6.45, 7) is 2.49. The summed E-state index contributed by atoms with van der Waals surface area (Å²) in [6, 6.07) is 7.14. The van der Waals surface area contributed by atoms with Crippen LogP contribution in [-0.4, -0.2) is 35.7 Å². The number of nitrogens with two attached hydrogens (primary N) is 1. The number of carbonyl (C=O) groups is 1. The molecule has 0 spiro atoms. The third-order valence-electron chi connectivity index (χ3n) is 3.04. The smallest absolute Gasteiger partial charge is 0.233 e. The highest BCUT2D eigenvalue weighted by Gasteiger charge is 2.10. The quantitative estimate of drug-likeness (QED) is 0.588. The topological polar surface area (TPSA) is 112 Å². The molecular formula is C16H19N5O3. The molecule has 0 bridgehead atoms. The molecule has 24 heavy (non-hydrogen) atoms. The van der Waals surface area contributed by atoms with E-state index in [9.17, 15) is 4.79 Å². The van der Waals surface area contributed by atoms with Gasteiger partial charge in [-0.15, -0.1) is 0 Å². The van der Waals surface area contributed by atoms with E-state index in [4.69, 9.17) is 10.5 Å². The fourth-order valence-corrected chi connectivity index (χ4v) is 1.93. The maximum absolute atomic E-state index is 11.6. The van der Waals surface area contributed by atoms with Gasteiger partial charge in [-0.1, -0.05) is 17.3 Å². The third-order valence-corrected chi connectivity index (χ3v) is 3.04. The van der Waals surface area contributed by atoms with Crippen LogP contribution >= 0.6 is 0 Å². The Hall–Kier alpha value is -3.16. The number of ether oxygens (including phenoxy) is 1. The van der Waals surface area contributed by atoms with Crippen molar-refractivity contribution in [2.75, 3.05) is 19.4 Å². The number of anilines is 1. The average molecular weight is 329 g/mol. The maximum atomic E-state index is 11.6. The molecule has 0 unspecified atom stereocenters. The number of hydrogen-bond donors (Lipinski definition) is 2. The van der Waals surface area contributed by atoms with Crippen molar-refractivity contribution >= 4 is 17.9 Å². The van der Waals surface area contributed by atoms with Gasteiger partial charge >= 0.3 is 0 Å². The van der Waals surface area contributed by atoms with E-state index in [1.54, 1.807) is 12.1 Å². The number of amides is 1. The third kappa shape index (κ3) is 4.67. The van der Waals surface area contributed by atoms with Crippen molar-refractivity contribution in [1.29, 1.82) is 0 Å². The Kier molecular flexibility index (Phi) is 6.07. The zero-order valence-corrected chi connectivity index (χ0v) is 13.5. The number of nitrogen functional groups attached to an aromatic ring is 1. The summed E-state index contributed by atoms with van der Waals surface area (Å²) in [7, 11) is 1.42. The van der Waals surface area contributed by atoms with E-state index >= 15 is 0 Å². The molecule has 0 atom stereocenters. The molecule has 1 aromatic heterocycles. The summed E-state index contributed by atoms with van der Waals surface area (Å²) in [5.74, 6) is 1.03. The minimum Gasteiger partial charge on any atom is -0.438 e. The number of nitrogens with zero attached hydrogens (tertiary/aromatic N) is 3. The minimum absolute atomic E-state index is 0.0206. The second-order valence-corrected chi connectivity index (χ2v) is 4.77. The molecule has 2 rings (SSSR count). The van der Waals surface area contributed by atoms with E-state index in [1.807, 2.05) is 19.1 Å². The second kappa shape index (κ2) is 8.47. The van der Waals surface area contributed by atoms with Gasteiger partial charge in [0.15, 0.2) is 0 Å². The molecule has 3 N–H and O–H groups in total. The van der Waals surface area contributed by atoms with Crippen LogP contribution in [0.1, 0.15) is 18.1 Å². The number of nitrogens with one attached hydrogen (secondary N) is 1. The van der Waals surface area contributed by atoms with Crippen LogP contribution < -0.4 is 15.8 Å². The molecular weight excluding hydrogens is 310 g/mol. The Balaban J connectivity index is 2.13. The number of oxime groups is 1. The zero-order chi connectivity index (χ0) is 17.4. The van der Waals surface area contributed by atoms with Gasteiger partial charge in [0.2, 0.25) is 11.8 Å². The standard InChI is InChI=1S/C16H19N5O3/c1-3-18-14(22)8-11-4-6-12(7-5-11)24-16-13(9-21-23-2)15(17)19-10-20-16/h4-7,9-10H,3,8H2,1-2H3,(H,18,22)(H2,17,19,20). The van der Waals surface area contributed by atoms with Gasteiger partial charge in [0.05, 0.1) is 12.6 Å². The molecule has 2 aromatic rings. The first-order chi connectivity index (χ1) is 11.6. The highest BCUT2D eigenvalue weighted by Crippen LogP contribution is 2.24. The van der Waals surface area contributed by atoms with E-state index in [-0.39, 0.29) is 17.6 Å². The van der Waals surface area contributed by atoms with Crippen molar-refractivity contribution in [1.82, 2.24) is 15.3 Å². The monoisotopic (exact) mass is 329 g/mol. The van der Waals surface area contributed by atoms with Gasteiger partial charge in [-0.3, -0.25) is 4.79 Å². The molecule has 0 aliphatic rings. The lowest BCUT2D eigenvalue weighted by molar-refractivity contribution is -0.120. The largest absolute Gasteiger partial charge is 0.438 e. The highest BCUT2D eigenvalue weighted by atomic mass is 16.6. The summed E-state index contributed by atoms with van der Waals surface area (Å²) in [5.41, 5.74) is 7.11. The van der Waals surface area contributed by atoms with Crippen LogP contribution in [0.2, 0.25) is 0 Å². The van der Waals surface area contributed by atoms with Gasteiger partial charge in [-0.2, -0.15) is 0 Å². The van der Waals surface area contributed by atoms with Crippen LogP contribution in [0.4, 0.5) is 5.82 Å². The first kappa shape index (κ1) is 17.2. The summed E-state index contributed by atoms with van der Waals surface area (Å²) >= 11 is 0. The lowest BCUT2D eigenvalue weighted by atomic mass is 10.1. The Morgan fingerprint density at radius 2 is 2.08 bits per heavy atom. The Bertz CT molecular complexity index is 716. The zero-order valence-electron chi connectivity index (χ0n) is 13.5. The molecule has 0 saturated heterocycles. The van der Waals surface area contributed by atoms with Gasteiger partial charge in [-0.05, 0) is 24.6 Å². The van der Waals surface area contributed by atoms with Crippen molar-refractivity contribution in [2.45, 2.75) is 13.3 Å². The van der Waals surface area contributed by atoms with Crippen molar-refractivity contribution in [3.63, 3.8) is 0 Å². The molecule has 1 amide bonds. The maximum Gasteiger partial charge on any atom is 0.233 e. The van der Waals surface area contributed by atoms with Crippen molar-refractivity contribution < 1.29 is 14.4 Å². The summed E-state index contributed by atoms with van der Waals surface area (Å²) in [5, 5.41) is 6.41. The predicted octanol–water partition coefficient (Wildman–Crippen LogP) is 1.51. The second-order valence-electron chi connectivity index (χ2n) is 4.77. The van der Waals surface area contributed by atoms with E-state index in [1.165, 1.54) is 19.7 Å². The number of benzene rings is 1. The molecule has 8 nitrogen and oxygen atoms in total. The lowest BCUT2D eigenvalue weighted by Crippen LogP contribution is -2.24. The summed E-state index contributed by atoms with van der Waals surface area (Å²) in [4.78, 5) is 24.2. The normalized spacial score (nSPS) is 10.6.